The Kier molecular flexibility index (Phi) is 4.54. The maximum absolute atomic E-state index is 11.9. The monoisotopic (exact) mass is 371 g/mol. The van der Waals surface area contributed by atoms with E-state index in [2.05, 4.69) is 42.2 Å². The van der Waals surface area contributed by atoms with Gasteiger partial charge in [-0.25, -0.2) is 4.98 Å². The highest BCUT2D eigenvalue weighted by Gasteiger charge is 2.09. The number of amides is 1. The van der Waals surface area contributed by atoms with Crippen LogP contribution in [0.5, 0.6) is 0 Å². The minimum absolute atomic E-state index is 0.0884. The molecule has 1 aromatic heterocycles. The quantitative estimate of drug-likeness (QED) is 0.896. The molecule has 0 aliphatic rings. The molecule has 1 heterocycles. The molecular weight excluding hydrogens is 362 g/mol. The Morgan fingerprint density at radius 3 is 2.89 bits per heavy atom. The topological polar surface area (TPSA) is 46.9 Å². The van der Waals surface area contributed by atoms with Crippen molar-refractivity contribution in [2.75, 3.05) is 6.54 Å². The van der Waals surface area contributed by atoms with Crippen LogP contribution in [0.3, 0.4) is 0 Å². The van der Waals surface area contributed by atoms with E-state index in [1.807, 2.05) is 22.9 Å². The number of benzene rings is 1. The van der Waals surface area contributed by atoms with E-state index in [-0.39, 0.29) is 5.91 Å². The van der Waals surface area contributed by atoms with Crippen LogP contribution in [0.1, 0.15) is 10.4 Å². The van der Waals surface area contributed by atoms with Gasteiger partial charge in [0.25, 0.3) is 5.91 Å². The van der Waals surface area contributed by atoms with Gasteiger partial charge in [0.1, 0.15) is 0 Å². The highest BCUT2D eigenvalue weighted by molar-refractivity contribution is 9.11. The van der Waals surface area contributed by atoms with Crippen molar-refractivity contribution in [1.29, 1.82) is 0 Å². The largest absolute Gasteiger partial charge is 0.350 e. The molecule has 0 unspecified atom stereocenters. The minimum Gasteiger partial charge on any atom is -0.350 e. The summed E-state index contributed by atoms with van der Waals surface area (Å²) in [5.41, 5.74) is 0.629. The predicted octanol–water partition coefficient (Wildman–Crippen LogP) is 2.84. The Bertz CT molecular complexity index is 540. The van der Waals surface area contributed by atoms with E-state index >= 15 is 0 Å². The summed E-state index contributed by atoms with van der Waals surface area (Å²) in [6.45, 7) is 1.28. The van der Waals surface area contributed by atoms with Gasteiger partial charge in [-0.3, -0.25) is 4.79 Å². The summed E-state index contributed by atoms with van der Waals surface area (Å²) in [5.74, 6) is -0.0884. The summed E-state index contributed by atoms with van der Waals surface area (Å²) in [5, 5.41) is 2.86. The average Bonchev–Trinajstić information content (AvgIpc) is 2.81. The lowest BCUT2D eigenvalue weighted by atomic mass is 10.2. The number of nitrogens with zero attached hydrogens (tertiary/aromatic N) is 2. The molecule has 2 rings (SSSR count). The lowest BCUT2D eigenvalue weighted by Crippen LogP contribution is -2.27. The van der Waals surface area contributed by atoms with Crippen LogP contribution in [0, 0.1) is 0 Å². The van der Waals surface area contributed by atoms with Crippen molar-refractivity contribution in [2.45, 2.75) is 6.54 Å². The standard InChI is InChI=1S/C12H11Br2N3O/c13-9-1-2-10(11(14)7-9)12(18)16-4-6-17-5-3-15-8-17/h1-3,5,7-8H,4,6H2,(H,16,18). The molecule has 0 radical (unpaired) electrons. The fourth-order valence-corrected chi connectivity index (χ4v) is 2.71. The smallest absolute Gasteiger partial charge is 0.252 e. The van der Waals surface area contributed by atoms with Gasteiger partial charge in [0, 0.05) is 34.4 Å². The fourth-order valence-electron chi connectivity index (χ4n) is 1.49. The van der Waals surface area contributed by atoms with E-state index in [1.165, 1.54) is 0 Å². The van der Waals surface area contributed by atoms with Crippen LogP contribution in [0.15, 0.2) is 45.9 Å². The second-order valence-corrected chi connectivity index (χ2v) is 5.45. The van der Waals surface area contributed by atoms with Gasteiger partial charge in [0.2, 0.25) is 0 Å². The van der Waals surface area contributed by atoms with Crippen molar-refractivity contribution in [3.05, 3.63) is 51.4 Å². The number of imidazole rings is 1. The number of nitrogens with one attached hydrogen (secondary N) is 1. The Morgan fingerprint density at radius 1 is 1.39 bits per heavy atom. The Morgan fingerprint density at radius 2 is 2.22 bits per heavy atom. The summed E-state index contributed by atoms with van der Waals surface area (Å²) in [7, 11) is 0. The number of hydrogen-bond donors (Lipinski definition) is 1. The first-order chi connectivity index (χ1) is 8.66. The van der Waals surface area contributed by atoms with Gasteiger partial charge in [0.05, 0.1) is 11.9 Å². The van der Waals surface area contributed by atoms with Crippen molar-refractivity contribution >= 4 is 37.8 Å². The third-order valence-electron chi connectivity index (χ3n) is 2.39. The Balaban J connectivity index is 1.91. The highest BCUT2D eigenvalue weighted by atomic mass is 79.9. The zero-order valence-electron chi connectivity index (χ0n) is 9.44. The first-order valence-electron chi connectivity index (χ1n) is 5.36. The maximum Gasteiger partial charge on any atom is 0.252 e. The zero-order chi connectivity index (χ0) is 13.0. The highest BCUT2D eigenvalue weighted by Crippen LogP contribution is 2.21. The van der Waals surface area contributed by atoms with Crippen molar-refractivity contribution in [3.63, 3.8) is 0 Å². The third-order valence-corrected chi connectivity index (χ3v) is 3.54. The normalized spacial score (nSPS) is 10.3. The summed E-state index contributed by atoms with van der Waals surface area (Å²) >= 11 is 6.72. The number of aromatic nitrogens is 2. The van der Waals surface area contributed by atoms with E-state index in [4.69, 9.17) is 0 Å². The molecule has 0 saturated carbocycles. The second-order valence-electron chi connectivity index (χ2n) is 3.68. The molecular formula is C12H11Br2N3O. The number of carbonyl (C=O) groups excluding carboxylic acids is 1. The molecule has 18 heavy (non-hydrogen) atoms. The molecule has 1 aromatic carbocycles. The molecule has 0 fully saturated rings. The average molecular weight is 373 g/mol. The molecule has 0 aliphatic carbocycles. The van der Waals surface area contributed by atoms with Crippen molar-refractivity contribution in [3.8, 4) is 0 Å². The molecule has 94 valence electrons. The van der Waals surface area contributed by atoms with Gasteiger partial charge in [0.15, 0.2) is 0 Å². The summed E-state index contributed by atoms with van der Waals surface area (Å²) in [4.78, 5) is 15.9. The fraction of sp³-hybridized carbons (Fsp3) is 0.167. The molecule has 4 nitrogen and oxygen atoms in total. The van der Waals surface area contributed by atoms with Gasteiger partial charge in [-0.05, 0) is 34.1 Å². The van der Waals surface area contributed by atoms with Crippen LogP contribution in [-0.4, -0.2) is 22.0 Å². The lowest BCUT2D eigenvalue weighted by molar-refractivity contribution is 0.0951. The number of rotatable bonds is 4. The molecule has 0 bridgehead atoms. The van der Waals surface area contributed by atoms with Crippen LogP contribution < -0.4 is 5.32 Å². The SMILES string of the molecule is O=C(NCCn1ccnc1)c1ccc(Br)cc1Br. The van der Waals surface area contributed by atoms with E-state index in [1.54, 1.807) is 18.6 Å². The second kappa shape index (κ2) is 6.15. The molecule has 0 atom stereocenters. The van der Waals surface area contributed by atoms with Crippen molar-refractivity contribution in [2.24, 2.45) is 0 Å². The number of carbonyl (C=O) groups is 1. The van der Waals surface area contributed by atoms with Crippen LogP contribution in [-0.2, 0) is 6.54 Å². The summed E-state index contributed by atoms with van der Waals surface area (Å²) < 4.78 is 3.62. The molecule has 0 saturated heterocycles. The molecule has 0 aliphatic heterocycles. The van der Waals surface area contributed by atoms with Gasteiger partial charge < -0.3 is 9.88 Å². The molecule has 1 amide bonds. The molecule has 2 aromatic rings. The van der Waals surface area contributed by atoms with Gasteiger partial charge >= 0.3 is 0 Å². The van der Waals surface area contributed by atoms with E-state index < -0.39 is 0 Å². The third kappa shape index (κ3) is 3.43. The Labute approximate surface area is 122 Å². The number of halogens is 2. The molecule has 6 heteroatoms. The van der Waals surface area contributed by atoms with Crippen LogP contribution in [0.25, 0.3) is 0 Å². The van der Waals surface area contributed by atoms with Crippen molar-refractivity contribution < 1.29 is 4.79 Å². The van der Waals surface area contributed by atoms with Crippen LogP contribution in [0.4, 0.5) is 0 Å². The van der Waals surface area contributed by atoms with E-state index in [0.717, 1.165) is 8.95 Å². The zero-order valence-corrected chi connectivity index (χ0v) is 12.6. The molecule has 0 spiro atoms. The summed E-state index contributed by atoms with van der Waals surface area (Å²) in [6.07, 6.45) is 5.30. The van der Waals surface area contributed by atoms with Crippen LogP contribution >= 0.6 is 31.9 Å². The van der Waals surface area contributed by atoms with E-state index in [0.29, 0.717) is 18.7 Å². The van der Waals surface area contributed by atoms with E-state index in [9.17, 15) is 4.79 Å². The Hall–Kier alpha value is -1.14. The predicted molar refractivity (Wildman–Crippen MR) is 76.4 cm³/mol. The van der Waals surface area contributed by atoms with Crippen molar-refractivity contribution in [1.82, 2.24) is 14.9 Å². The molecule has 1 N–H and O–H groups in total. The first kappa shape index (κ1) is 13.3. The number of hydrogen-bond acceptors (Lipinski definition) is 2. The summed E-state index contributed by atoms with van der Waals surface area (Å²) in [6, 6.07) is 5.47. The van der Waals surface area contributed by atoms with Gasteiger partial charge in [-0.15, -0.1) is 0 Å². The van der Waals surface area contributed by atoms with Gasteiger partial charge in [-0.1, -0.05) is 15.9 Å². The van der Waals surface area contributed by atoms with Gasteiger partial charge in [-0.2, -0.15) is 0 Å². The van der Waals surface area contributed by atoms with Crippen LogP contribution in [0.2, 0.25) is 0 Å². The first-order valence-corrected chi connectivity index (χ1v) is 6.94. The minimum atomic E-state index is -0.0884. The lowest BCUT2D eigenvalue weighted by Gasteiger charge is -2.07. The maximum atomic E-state index is 11.9.